The molecule has 1 aliphatic rings. The molecule has 0 aliphatic heterocycles. The standard InChI is InChI=1S/C10H13NO/c1-8(10(11)4-5-10)7-9-3-2-6-12-9/h2-3,6-7H,4-5,11H2,1H3/b8-7+. The molecule has 0 amide bonds. The maximum Gasteiger partial charge on any atom is 0.126 e. The van der Waals surface area contributed by atoms with Gasteiger partial charge in [0.1, 0.15) is 5.76 Å². The van der Waals surface area contributed by atoms with Gasteiger partial charge in [0.05, 0.1) is 6.26 Å². The van der Waals surface area contributed by atoms with Crippen LogP contribution in [0.25, 0.3) is 6.08 Å². The Bertz CT molecular complexity index is 294. The average Bonchev–Trinajstić information content (AvgIpc) is 2.63. The van der Waals surface area contributed by atoms with Crippen LogP contribution in [0.4, 0.5) is 0 Å². The number of hydrogen-bond donors (Lipinski definition) is 1. The molecule has 12 heavy (non-hydrogen) atoms. The van der Waals surface area contributed by atoms with Crippen molar-refractivity contribution in [2.45, 2.75) is 25.3 Å². The highest BCUT2D eigenvalue weighted by atomic mass is 16.3. The van der Waals surface area contributed by atoms with Crippen molar-refractivity contribution in [3.63, 3.8) is 0 Å². The second kappa shape index (κ2) is 2.49. The van der Waals surface area contributed by atoms with E-state index >= 15 is 0 Å². The van der Waals surface area contributed by atoms with Crippen molar-refractivity contribution < 1.29 is 4.42 Å². The van der Waals surface area contributed by atoms with Gasteiger partial charge in [-0.15, -0.1) is 0 Å². The minimum atomic E-state index is -0.0210. The summed E-state index contributed by atoms with van der Waals surface area (Å²) < 4.78 is 5.20. The molecule has 0 bridgehead atoms. The van der Waals surface area contributed by atoms with Crippen LogP contribution in [-0.2, 0) is 0 Å². The third kappa shape index (κ3) is 1.30. The third-order valence-corrected chi connectivity index (χ3v) is 2.48. The summed E-state index contributed by atoms with van der Waals surface area (Å²) in [7, 11) is 0. The first-order chi connectivity index (χ1) is 5.71. The van der Waals surface area contributed by atoms with Gasteiger partial charge in [-0.1, -0.05) is 0 Å². The van der Waals surface area contributed by atoms with Gasteiger partial charge in [-0.2, -0.15) is 0 Å². The lowest BCUT2D eigenvalue weighted by atomic mass is 10.1. The van der Waals surface area contributed by atoms with E-state index in [1.807, 2.05) is 18.2 Å². The molecule has 2 nitrogen and oxygen atoms in total. The fraction of sp³-hybridized carbons (Fsp3) is 0.400. The van der Waals surface area contributed by atoms with Gasteiger partial charge in [-0.3, -0.25) is 0 Å². The molecule has 1 aliphatic carbocycles. The fourth-order valence-electron chi connectivity index (χ4n) is 1.26. The first kappa shape index (κ1) is 7.62. The van der Waals surface area contributed by atoms with E-state index in [0.717, 1.165) is 18.6 Å². The summed E-state index contributed by atoms with van der Waals surface area (Å²) in [6.07, 6.45) is 5.91. The summed E-state index contributed by atoms with van der Waals surface area (Å²) in [6, 6.07) is 3.82. The summed E-state index contributed by atoms with van der Waals surface area (Å²) in [5.41, 5.74) is 7.20. The average molecular weight is 163 g/mol. The van der Waals surface area contributed by atoms with Crippen LogP contribution in [-0.4, -0.2) is 5.54 Å². The summed E-state index contributed by atoms with van der Waals surface area (Å²) >= 11 is 0. The zero-order valence-corrected chi connectivity index (χ0v) is 7.21. The lowest BCUT2D eigenvalue weighted by molar-refractivity contribution is 0.555. The molecule has 0 spiro atoms. The molecule has 0 saturated heterocycles. The van der Waals surface area contributed by atoms with E-state index in [2.05, 4.69) is 6.92 Å². The molecular formula is C10H13NO. The van der Waals surface area contributed by atoms with E-state index in [9.17, 15) is 0 Å². The Kier molecular flexibility index (Phi) is 1.58. The van der Waals surface area contributed by atoms with E-state index in [0.29, 0.717) is 0 Å². The predicted octanol–water partition coefficient (Wildman–Crippen LogP) is 2.17. The number of hydrogen-bond acceptors (Lipinski definition) is 2. The largest absolute Gasteiger partial charge is 0.465 e. The van der Waals surface area contributed by atoms with Crippen LogP contribution < -0.4 is 5.73 Å². The van der Waals surface area contributed by atoms with Crippen molar-refractivity contribution in [1.29, 1.82) is 0 Å². The zero-order valence-electron chi connectivity index (χ0n) is 7.21. The summed E-state index contributed by atoms with van der Waals surface area (Å²) in [4.78, 5) is 0. The molecule has 2 heteroatoms. The van der Waals surface area contributed by atoms with Crippen LogP contribution in [0.3, 0.4) is 0 Å². The van der Waals surface area contributed by atoms with E-state index < -0.39 is 0 Å². The molecule has 0 radical (unpaired) electrons. The lowest BCUT2D eigenvalue weighted by Gasteiger charge is -2.07. The zero-order chi connectivity index (χ0) is 8.60. The van der Waals surface area contributed by atoms with Crippen LogP contribution in [0.5, 0.6) is 0 Å². The van der Waals surface area contributed by atoms with Gasteiger partial charge in [0.15, 0.2) is 0 Å². The van der Waals surface area contributed by atoms with Gasteiger partial charge >= 0.3 is 0 Å². The molecule has 2 N–H and O–H groups in total. The normalized spacial score (nSPS) is 21.0. The Morgan fingerprint density at radius 2 is 2.42 bits per heavy atom. The topological polar surface area (TPSA) is 39.2 Å². The van der Waals surface area contributed by atoms with Crippen LogP contribution in [0.2, 0.25) is 0 Å². The number of furan rings is 1. The predicted molar refractivity (Wildman–Crippen MR) is 48.5 cm³/mol. The molecule has 1 saturated carbocycles. The SMILES string of the molecule is C/C(=C\c1ccco1)C1(N)CC1. The van der Waals surface area contributed by atoms with Gasteiger partial charge in [-0.25, -0.2) is 0 Å². The molecule has 0 atom stereocenters. The van der Waals surface area contributed by atoms with Crippen molar-refractivity contribution >= 4 is 6.08 Å². The lowest BCUT2D eigenvalue weighted by Crippen LogP contribution is -2.22. The molecule has 1 aromatic rings. The second-order valence-corrected chi connectivity index (χ2v) is 3.50. The molecule has 1 aromatic heterocycles. The summed E-state index contributed by atoms with van der Waals surface area (Å²) in [5.74, 6) is 0.893. The van der Waals surface area contributed by atoms with Crippen LogP contribution in [0.1, 0.15) is 25.5 Å². The van der Waals surface area contributed by atoms with Gasteiger partial charge in [0, 0.05) is 5.54 Å². The maximum atomic E-state index is 6.00. The number of rotatable bonds is 2. The summed E-state index contributed by atoms with van der Waals surface area (Å²) in [6.45, 7) is 2.06. The number of nitrogens with two attached hydrogens (primary N) is 1. The van der Waals surface area contributed by atoms with Gasteiger partial charge in [0.25, 0.3) is 0 Å². The van der Waals surface area contributed by atoms with Crippen molar-refractivity contribution in [2.75, 3.05) is 0 Å². The minimum Gasteiger partial charge on any atom is -0.465 e. The van der Waals surface area contributed by atoms with E-state index in [-0.39, 0.29) is 5.54 Å². The molecule has 2 rings (SSSR count). The van der Waals surface area contributed by atoms with Gasteiger partial charge in [-0.05, 0) is 43.5 Å². The van der Waals surface area contributed by atoms with Crippen molar-refractivity contribution in [3.05, 3.63) is 29.7 Å². The smallest absolute Gasteiger partial charge is 0.126 e. The fourth-order valence-corrected chi connectivity index (χ4v) is 1.26. The minimum absolute atomic E-state index is 0.0210. The Labute approximate surface area is 72.1 Å². The van der Waals surface area contributed by atoms with Crippen LogP contribution >= 0.6 is 0 Å². The maximum absolute atomic E-state index is 6.00. The third-order valence-electron chi connectivity index (χ3n) is 2.48. The monoisotopic (exact) mass is 163 g/mol. The van der Waals surface area contributed by atoms with Crippen molar-refractivity contribution in [2.24, 2.45) is 5.73 Å². The Hall–Kier alpha value is -1.02. The van der Waals surface area contributed by atoms with Crippen LogP contribution in [0.15, 0.2) is 28.4 Å². The molecular weight excluding hydrogens is 150 g/mol. The first-order valence-corrected chi connectivity index (χ1v) is 4.22. The molecule has 1 heterocycles. The first-order valence-electron chi connectivity index (χ1n) is 4.22. The van der Waals surface area contributed by atoms with Crippen LogP contribution in [0, 0.1) is 0 Å². The molecule has 64 valence electrons. The quantitative estimate of drug-likeness (QED) is 0.725. The molecule has 1 fully saturated rings. The molecule has 0 unspecified atom stereocenters. The Morgan fingerprint density at radius 1 is 1.67 bits per heavy atom. The van der Waals surface area contributed by atoms with Gasteiger partial charge in [0.2, 0.25) is 0 Å². The highest BCUT2D eigenvalue weighted by Crippen LogP contribution is 2.39. The molecule has 0 aromatic carbocycles. The van der Waals surface area contributed by atoms with E-state index in [1.165, 1.54) is 5.57 Å². The van der Waals surface area contributed by atoms with Gasteiger partial charge < -0.3 is 10.2 Å². The second-order valence-electron chi connectivity index (χ2n) is 3.50. The van der Waals surface area contributed by atoms with Crippen molar-refractivity contribution in [1.82, 2.24) is 0 Å². The summed E-state index contributed by atoms with van der Waals surface area (Å²) in [5, 5.41) is 0. The Balaban J connectivity index is 2.18. The van der Waals surface area contributed by atoms with Crippen molar-refractivity contribution in [3.8, 4) is 0 Å². The highest BCUT2D eigenvalue weighted by Gasteiger charge is 2.39. The van der Waals surface area contributed by atoms with E-state index in [1.54, 1.807) is 6.26 Å². The Morgan fingerprint density at radius 3 is 2.92 bits per heavy atom. The van der Waals surface area contributed by atoms with E-state index in [4.69, 9.17) is 10.2 Å². The highest BCUT2D eigenvalue weighted by molar-refractivity contribution is 5.51.